The standard InChI is InChI=1S/C15H17NO3S/c1-9(2)16(8-13(17)18)15(19)14-10(3)11-6-4-5-7-12(11)20-14/h4-7,9H,8H2,1-3H3,(H,17,18). The van der Waals surface area contributed by atoms with Crippen LogP contribution in [0.4, 0.5) is 0 Å². The van der Waals surface area contributed by atoms with Crippen molar-refractivity contribution < 1.29 is 14.7 Å². The second-order valence-corrected chi connectivity index (χ2v) is 6.03. The summed E-state index contributed by atoms with van der Waals surface area (Å²) in [5.41, 5.74) is 0.923. The molecule has 0 spiro atoms. The van der Waals surface area contributed by atoms with Gasteiger partial charge in [-0.15, -0.1) is 11.3 Å². The number of fused-ring (bicyclic) bond motifs is 1. The third kappa shape index (κ3) is 2.67. The van der Waals surface area contributed by atoms with Crippen molar-refractivity contribution in [3.05, 3.63) is 34.7 Å². The molecule has 1 aromatic heterocycles. The van der Waals surface area contributed by atoms with E-state index in [9.17, 15) is 9.59 Å². The first kappa shape index (κ1) is 14.5. The number of hydrogen-bond acceptors (Lipinski definition) is 3. The highest BCUT2D eigenvalue weighted by molar-refractivity contribution is 7.21. The Morgan fingerprint density at radius 2 is 1.95 bits per heavy atom. The Labute approximate surface area is 121 Å². The summed E-state index contributed by atoms with van der Waals surface area (Å²) in [6.45, 7) is 5.28. The minimum atomic E-state index is -0.995. The summed E-state index contributed by atoms with van der Waals surface area (Å²) in [5, 5.41) is 10.0. The minimum Gasteiger partial charge on any atom is -0.480 e. The number of carbonyl (C=O) groups excluding carboxylic acids is 1. The quantitative estimate of drug-likeness (QED) is 0.941. The predicted molar refractivity (Wildman–Crippen MR) is 80.4 cm³/mol. The summed E-state index contributed by atoms with van der Waals surface area (Å²) in [6.07, 6.45) is 0. The van der Waals surface area contributed by atoms with E-state index in [-0.39, 0.29) is 18.5 Å². The van der Waals surface area contributed by atoms with Gasteiger partial charge in [0, 0.05) is 10.7 Å². The van der Waals surface area contributed by atoms with Crippen molar-refractivity contribution in [3.8, 4) is 0 Å². The van der Waals surface area contributed by atoms with Gasteiger partial charge in [0.15, 0.2) is 0 Å². The number of amides is 1. The zero-order valence-electron chi connectivity index (χ0n) is 11.7. The van der Waals surface area contributed by atoms with E-state index >= 15 is 0 Å². The summed E-state index contributed by atoms with van der Waals surface area (Å²) >= 11 is 1.42. The van der Waals surface area contributed by atoms with Gasteiger partial charge in [-0.1, -0.05) is 18.2 Å². The molecule has 0 aliphatic carbocycles. The zero-order chi connectivity index (χ0) is 14.9. The molecular weight excluding hydrogens is 274 g/mol. The minimum absolute atomic E-state index is 0.150. The third-order valence-corrected chi connectivity index (χ3v) is 4.49. The monoisotopic (exact) mass is 291 g/mol. The molecule has 1 heterocycles. The number of benzene rings is 1. The lowest BCUT2D eigenvalue weighted by Gasteiger charge is -2.24. The van der Waals surface area contributed by atoms with Crippen LogP contribution in [0, 0.1) is 6.92 Å². The van der Waals surface area contributed by atoms with Gasteiger partial charge >= 0.3 is 5.97 Å². The lowest BCUT2D eigenvalue weighted by molar-refractivity contribution is -0.138. The molecule has 20 heavy (non-hydrogen) atoms. The van der Waals surface area contributed by atoms with Crippen LogP contribution in [0.15, 0.2) is 24.3 Å². The van der Waals surface area contributed by atoms with Gasteiger partial charge in [-0.2, -0.15) is 0 Å². The number of nitrogens with zero attached hydrogens (tertiary/aromatic N) is 1. The second-order valence-electron chi connectivity index (χ2n) is 4.97. The smallest absolute Gasteiger partial charge is 0.323 e. The van der Waals surface area contributed by atoms with Crippen molar-refractivity contribution in [1.82, 2.24) is 4.90 Å². The molecule has 2 aromatic rings. The SMILES string of the molecule is Cc1c(C(=O)N(CC(=O)O)C(C)C)sc2ccccc12. The third-order valence-electron chi connectivity index (χ3n) is 3.23. The van der Waals surface area contributed by atoms with Gasteiger partial charge in [0.25, 0.3) is 5.91 Å². The van der Waals surface area contributed by atoms with Crippen molar-refractivity contribution in [3.63, 3.8) is 0 Å². The average molecular weight is 291 g/mol. The molecule has 0 aliphatic heterocycles. The fourth-order valence-corrected chi connectivity index (χ4v) is 3.31. The highest BCUT2D eigenvalue weighted by Crippen LogP contribution is 2.31. The fraction of sp³-hybridized carbons (Fsp3) is 0.333. The van der Waals surface area contributed by atoms with Gasteiger partial charge in [-0.25, -0.2) is 0 Å². The van der Waals surface area contributed by atoms with Crippen LogP contribution in [0.1, 0.15) is 29.1 Å². The fourth-order valence-electron chi connectivity index (χ4n) is 2.14. The highest BCUT2D eigenvalue weighted by atomic mass is 32.1. The van der Waals surface area contributed by atoms with E-state index < -0.39 is 5.97 Å². The van der Waals surface area contributed by atoms with Crippen LogP contribution >= 0.6 is 11.3 Å². The summed E-state index contributed by atoms with van der Waals surface area (Å²) in [6, 6.07) is 7.68. The predicted octanol–water partition coefficient (Wildman–Crippen LogP) is 3.14. The average Bonchev–Trinajstić information content (AvgIpc) is 2.73. The summed E-state index contributed by atoms with van der Waals surface area (Å²) in [5.74, 6) is -1.20. The molecule has 1 amide bonds. The first-order chi connectivity index (χ1) is 9.41. The van der Waals surface area contributed by atoms with Gasteiger partial charge in [-0.3, -0.25) is 9.59 Å². The maximum Gasteiger partial charge on any atom is 0.323 e. The van der Waals surface area contributed by atoms with Crippen LogP contribution in [0.3, 0.4) is 0 Å². The molecule has 4 nitrogen and oxygen atoms in total. The number of carboxylic acids is 1. The first-order valence-electron chi connectivity index (χ1n) is 6.42. The molecular formula is C15H17NO3S. The van der Waals surface area contributed by atoms with Gasteiger partial charge in [0.2, 0.25) is 0 Å². The van der Waals surface area contributed by atoms with E-state index in [2.05, 4.69) is 0 Å². The van der Waals surface area contributed by atoms with Crippen LogP contribution in [0.5, 0.6) is 0 Å². The second kappa shape index (κ2) is 5.63. The van der Waals surface area contributed by atoms with E-state index in [0.29, 0.717) is 4.88 Å². The van der Waals surface area contributed by atoms with Gasteiger partial charge in [0.05, 0.1) is 4.88 Å². The molecule has 0 aliphatic rings. The number of carbonyl (C=O) groups is 2. The Morgan fingerprint density at radius 3 is 2.50 bits per heavy atom. The molecule has 0 atom stereocenters. The summed E-state index contributed by atoms with van der Waals surface area (Å²) in [4.78, 5) is 25.5. The molecule has 1 N–H and O–H groups in total. The van der Waals surface area contributed by atoms with Crippen molar-refractivity contribution >= 4 is 33.3 Å². The number of rotatable bonds is 4. The zero-order valence-corrected chi connectivity index (χ0v) is 12.5. The van der Waals surface area contributed by atoms with E-state index in [1.54, 1.807) is 0 Å². The van der Waals surface area contributed by atoms with Gasteiger partial charge < -0.3 is 10.0 Å². The van der Waals surface area contributed by atoms with Crippen molar-refractivity contribution in [2.24, 2.45) is 0 Å². The lowest BCUT2D eigenvalue weighted by Crippen LogP contribution is -2.40. The summed E-state index contributed by atoms with van der Waals surface area (Å²) < 4.78 is 1.05. The van der Waals surface area contributed by atoms with Gasteiger partial charge in [0.1, 0.15) is 6.54 Å². The Hall–Kier alpha value is -1.88. The molecule has 1 aromatic carbocycles. The van der Waals surface area contributed by atoms with E-state index in [4.69, 9.17) is 5.11 Å². The van der Waals surface area contributed by atoms with E-state index in [0.717, 1.165) is 15.6 Å². The topological polar surface area (TPSA) is 57.6 Å². The number of hydrogen-bond donors (Lipinski definition) is 1. The Bertz CT molecular complexity index is 660. The maximum absolute atomic E-state index is 12.6. The Kier molecular flexibility index (Phi) is 4.09. The Balaban J connectivity index is 2.43. The van der Waals surface area contributed by atoms with Crippen molar-refractivity contribution in [2.75, 3.05) is 6.54 Å². The molecule has 0 radical (unpaired) electrons. The number of thiophene rings is 1. The number of carboxylic acid groups (broad SMARTS) is 1. The molecule has 0 unspecified atom stereocenters. The lowest BCUT2D eigenvalue weighted by atomic mass is 10.1. The van der Waals surface area contributed by atoms with Crippen LogP contribution < -0.4 is 0 Å². The van der Waals surface area contributed by atoms with Crippen molar-refractivity contribution in [2.45, 2.75) is 26.8 Å². The van der Waals surface area contributed by atoms with Crippen molar-refractivity contribution in [1.29, 1.82) is 0 Å². The Morgan fingerprint density at radius 1 is 1.30 bits per heavy atom. The van der Waals surface area contributed by atoms with Crippen LogP contribution in [-0.2, 0) is 4.79 Å². The molecule has 0 saturated heterocycles. The number of aliphatic carboxylic acids is 1. The van der Waals surface area contributed by atoms with Crippen LogP contribution in [0.25, 0.3) is 10.1 Å². The first-order valence-corrected chi connectivity index (χ1v) is 7.24. The molecule has 0 bridgehead atoms. The summed E-state index contributed by atoms with van der Waals surface area (Å²) in [7, 11) is 0. The highest BCUT2D eigenvalue weighted by Gasteiger charge is 2.24. The molecule has 0 saturated carbocycles. The van der Waals surface area contributed by atoms with Gasteiger partial charge in [-0.05, 0) is 37.8 Å². The maximum atomic E-state index is 12.6. The largest absolute Gasteiger partial charge is 0.480 e. The van der Waals surface area contributed by atoms with Crippen LogP contribution in [-0.4, -0.2) is 34.5 Å². The van der Waals surface area contributed by atoms with E-state index in [1.807, 2.05) is 45.0 Å². The molecule has 106 valence electrons. The molecule has 2 rings (SSSR count). The van der Waals surface area contributed by atoms with Crippen LogP contribution in [0.2, 0.25) is 0 Å². The molecule has 5 heteroatoms. The van der Waals surface area contributed by atoms with E-state index in [1.165, 1.54) is 16.2 Å². The normalized spacial score (nSPS) is 11.0. The number of aryl methyl sites for hydroxylation is 1. The molecule has 0 fully saturated rings.